The minimum atomic E-state index is -0.174. The highest BCUT2D eigenvalue weighted by atomic mass is 19.1. The second kappa shape index (κ2) is 5.67. The van der Waals surface area contributed by atoms with Crippen molar-refractivity contribution in [1.82, 2.24) is 10.2 Å². The number of hydrogen-bond donors (Lipinski definition) is 1. The van der Waals surface area contributed by atoms with Crippen molar-refractivity contribution in [3.8, 4) is 0 Å². The zero-order valence-corrected chi connectivity index (χ0v) is 11.4. The Morgan fingerprint density at radius 2 is 1.94 bits per heavy atom. The Kier molecular flexibility index (Phi) is 4.19. The minimum Gasteiger partial charge on any atom is -0.366 e. The van der Waals surface area contributed by atoms with Gasteiger partial charge >= 0.3 is 0 Å². The van der Waals surface area contributed by atoms with Crippen molar-refractivity contribution in [3.63, 3.8) is 0 Å². The van der Waals surface area contributed by atoms with Crippen LogP contribution in [-0.2, 0) is 0 Å². The van der Waals surface area contributed by atoms with Gasteiger partial charge in [0.05, 0.1) is 0 Å². The highest BCUT2D eigenvalue weighted by Crippen LogP contribution is 2.22. The predicted octanol–water partition coefficient (Wildman–Crippen LogP) is 1.55. The average molecular weight is 251 g/mol. The first-order valence-corrected chi connectivity index (χ1v) is 6.49. The van der Waals surface area contributed by atoms with Crippen molar-refractivity contribution in [2.24, 2.45) is 0 Å². The van der Waals surface area contributed by atoms with E-state index in [4.69, 9.17) is 0 Å². The van der Waals surface area contributed by atoms with Crippen LogP contribution in [-0.4, -0.2) is 50.7 Å². The number of benzene rings is 1. The third kappa shape index (κ3) is 2.82. The number of hydrogen-bond acceptors (Lipinski definition) is 3. The molecule has 1 N–H and O–H groups in total. The third-order valence-electron chi connectivity index (χ3n) is 3.71. The number of rotatable bonds is 3. The Labute approximate surface area is 109 Å². The summed E-state index contributed by atoms with van der Waals surface area (Å²) in [6, 6.07) is 7.76. The Hall–Kier alpha value is -1.13. The van der Waals surface area contributed by atoms with Gasteiger partial charge in [0.15, 0.2) is 0 Å². The molecule has 2 atom stereocenters. The summed E-state index contributed by atoms with van der Waals surface area (Å²) in [6.07, 6.45) is 0. The van der Waals surface area contributed by atoms with E-state index in [0.717, 1.165) is 25.3 Å². The molecule has 3 nitrogen and oxygen atoms in total. The highest BCUT2D eigenvalue weighted by molar-refractivity contribution is 5.48. The Balaban J connectivity index is 2.13. The molecule has 1 aliphatic heterocycles. The lowest BCUT2D eigenvalue weighted by Gasteiger charge is -2.45. The normalized spacial score (nSPS) is 25.4. The second-order valence-corrected chi connectivity index (χ2v) is 5.13. The van der Waals surface area contributed by atoms with Crippen LogP contribution in [0.25, 0.3) is 0 Å². The predicted molar refractivity (Wildman–Crippen MR) is 73.6 cm³/mol. The minimum absolute atomic E-state index is 0.174. The standard InChI is InChI=1S/C14H22FN3/c1-11-9-17(3)14(8-16-2)10-18(11)13-6-4-12(15)5-7-13/h4-7,11,14,16H,8-10H2,1-3H3. The average Bonchev–Trinajstić information content (AvgIpc) is 2.34. The Morgan fingerprint density at radius 3 is 2.56 bits per heavy atom. The Morgan fingerprint density at radius 1 is 1.28 bits per heavy atom. The zero-order chi connectivity index (χ0) is 13.1. The van der Waals surface area contributed by atoms with Crippen LogP contribution in [0, 0.1) is 5.82 Å². The van der Waals surface area contributed by atoms with Crippen LogP contribution in [0.5, 0.6) is 0 Å². The maximum atomic E-state index is 13.0. The van der Waals surface area contributed by atoms with Gasteiger partial charge in [0.1, 0.15) is 5.82 Å². The van der Waals surface area contributed by atoms with E-state index in [9.17, 15) is 4.39 Å². The number of likely N-dealkylation sites (N-methyl/N-ethyl adjacent to an activating group) is 2. The monoisotopic (exact) mass is 251 g/mol. The first-order chi connectivity index (χ1) is 8.61. The lowest BCUT2D eigenvalue weighted by atomic mass is 10.1. The van der Waals surface area contributed by atoms with Crippen LogP contribution in [0.2, 0.25) is 0 Å². The molecule has 100 valence electrons. The molecule has 1 saturated heterocycles. The molecule has 2 rings (SSSR count). The largest absolute Gasteiger partial charge is 0.366 e. The second-order valence-electron chi connectivity index (χ2n) is 5.13. The van der Waals surface area contributed by atoms with Crippen LogP contribution in [0.1, 0.15) is 6.92 Å². The molecule has 0 aromatic heterocycles. The van der Waals surface area contributed by atoms with Gasteiger partial charge in [-0.2, -0.15) is 0 Å². The zero-order valence-electron chi connectivity index (χ0n) is 11.4. The van der Waals surface area contributed by atoms with E-state index >= 15 is 0 Å². The summed E-state index contributed by atoms with van der Waals surface area (Å²) in [6.45, 7) is 5.20. The van der Waals surface area contributed by atoms with E-state index in [-0.39, 0.29) is 5.82 Å². The van der Waals surface area contributed by atoms with Crippen LogP contribution in [0.15, 0.2) is 24.3 Å². The number of piperazine rings is 1. The number of nitrogens with zero attached hydrogens (tertiary/aromatic N) is 2. The number of anilines is 1. The summed E-state index contributed by atoms with van der Waals surface area (Å²) in [5, 5.41) is 3.24. The van der Waals surface area contributed by atoms with Crippen LogP contribution >= 0.6 is 0 Å². The molecule has 0 bridgehead atoms. The van der Waals surface area contributed by atoms with Gasteiger partial charge in [-0.1, -0.05) is 0 Å². The van der Waals surface area contributed by atoms with Crippen molar-refractivity contribution in [3.05, 3.63) is 30.1 Å². The lowest BCUT2D eigenvalue weighted by molar-refractivity contribution is 0.190. The fourth-order valence-electron chi connectivity index (χ4n) is 2.66. The van der Waals surface area contributed by atoms with Gasteiger partial charge in [0, 0.05) is 37.4 Å². The molecule has 4 heteroatoms. The molecule has 2 unspecified atom stereocenters. The van der Waals surface area contributed by atoms with Gasteiger partial charge in [0.25, 0.3) is 0 Å². The number of halogens is 1. The highest BCUT2D eigenvalue weighted by Gasteiger charge is 2.28. The van der Waals surface area contributed by atoms with Crippen molar-refractivity contribution in [1.29, 1.82) is 0 Å². The van der Waals surface area contributed by atoms with E-state index in [1.165, 1.54) is 12.1 Å². The molecular weight excluding hydrogens is 229 g/mol. The molecule has 0 spiro atoms. The summed E-state index contributed by atoms with van der Waals surface area (Å²) in [7, 11) is 4.15. The molecule has 1 aromatic rings. The molecule has 0 radical (unpaired) electrons. The lowest BCUT2D eigenvalue weighted by Crippen LogP contribution is -2.58. The van der Waals surface area contributed by atoms with Gasteiger partial charge in [-0.25, -0.2) is 4.39 Å². The van der Waals surface area contributed by atoms with E-state index in [1.54, 1.807) is 0 Å². The van der Waals surface area contributed by atoms with Crippen molar-refractivity contribution < 1.29 is 4.39 Å². The smallest absolute Gasteiger partial charge is 0.123 e. The van der Waals surface area contributed by atoms with Gasteiger partial charge in [0.2, 0.25) is 0 Å². The summed E-state index contributed by atoms with van der Waals surface area (Å²) < 4.78 is 13.0. The fourth-order valence-corrected chi connectivity index (χ4v) is 2.66. The quantitative estimate of drug-likeness (QED) is 0.879. The van der Waals surface area contributed by atoms with Crippen molar-refractivity contribution in [2.45, 2.75) is 19.0 Å². The van der Waals surface area contributed by atoms with Crippen LogP contribution in [0.3, 0.4) is 0 Å². The molecule has 1 aromatic carbocycles. The summed E-state index contributed by atoms with van der Waals surface area (Å²) >= 11 is 0. The molecule has 0 saturated carbocycles. The maximum Gasteiger partial charge on any atom is 0.123 e. The maximum absolute atomic E-state index is 13.0. The molecule has 1 fully saturated rings. The summed E-state index contributed by atoms with van der Waals surface area (Å²) in [4.78, 5) is 4.75. The summed E-state index contributed by atoms with van der Waals surface area (Å²) in [5.74, 6) is -0.174. The van der Waals surface area contributed by atoms with Crippen molar-refractivity contribution >= 4 is 5.69 Å². The number of nitrogens with one attached hydrogen (secondary N) is 1. The third-order valence-corrected chi connectivity index (χ3v) is 3.71. The van der Waals surface area contributed by atoms with E-state index in [0.29, 0.717) is 12.1 Å². The first-order valence-electron chi connectivity index (χ1n) is 6.49. The van der Waals surface area contributed by atoms with E-state index in [1.807, 2.05) is 19.2 Å². The SMILES string of the molecule is CNCC1CN(c2ccc(F)cc2)C(C)CN1C. The molecule has 0 aliphatic carbocycles. The van der Waals surface area contributed by atoms with Crippen molar-refractivity contribution in [2.75, 3.05) is 38.6 Å². The van der Waals surface area contributed by atoms with Gasteiger partial charge in [-0.3, -0.25) is 4.90 Å². The van der Waals surface area contributed by atoms with Gasteiger partial charge in [-0.15, -0.1) is 0 Å². The van der Waals surface area contributed by atoms with Crippen LogP contribution in [0.4, 0.5) is 10.1 Å². The topological polar surface area (TPSA) is 18.5 Å². The van der Waals surface area contributed by atoms with E-state index in [2.05, 4.69) is 29.1 Å². The molecule has 18 heavy (non-hydrogen) atoms. The summed E-state index contributed by atoms with van der Waals surface area (Å²) in [5.41, 5.74) is 1.11. The molecule has 1 heterocycles. The van der Waals surface area contributed by atoms with Gasteiger partial charge in [-0.05, 0) is 45.3 Å². The van der Waals surface area contributed by atoms with Crippen LogP contribution < -0.4 is 10.2 Å². The van der Waals surface area contributed by atoms with E-state index < -0.39 is 0 Å². The van der Waals surface area contributed by atoms with Gasteiger partial charge < -0.3 is 10.2 Å². The first kappa shape index (κ1) is 13.3. The molecule has 1 aliphatic rings. The molecule has 0 amide bonds. The Bertz CT molecular complexity index is 379. The molecular formula is C14H22FN3. The fraction of sp³-hybridized carbons (Fsp3) is 0.571.